The number of hydrogen-bond donors (Lipinski definition) is 1. The highest BCUT2D eigenvalue weighted by Crippen LogP contribution is 2.12. The first-order chi connectivity index (χ1) is 8.81. The average molecular weight is 238 g/mol. The second kappa shape index (κ2) is 6.22. The summed E-state index contributed by atoms with van der Waals surface area (Å²) in [6.07, 6.45) is 1.74. The first kappa shape index (κ1) is 12.6. The standard InChI is InChI=1S/C14H15BN2O/c15-13-6-2-1-5-12(13)11-17(9-10-18)14-7-3-4-8-16-14/h1-8,18H,9-11H2. The van der Waals surface area contributed by atoms with E-state index < -0.39 is 0 Å². The molecule has 2 rings (SSSR count). The largest absolute Gasteiger partial charge is 0.395 e. The molecule has 1 heterocycles. The van der Waals surface area contributed by atoms with Crippen LogP contribution in [0, 0.1) is 0 Å². The lowest BCUT2D eigenvalue weighted by atomic mass is 9.90. The van der Waals surface area contributed by atoms with Gasteiger partial charge in [0.2, 0.25) is 0 Å². The van der Waals surface area contributed by atoms with Crippen LogP contribution >= 0.6 is 0 Å². The highest BCUT2D eigenvalue weighted by molar-refractivity contribution is 6.33. The molecule has 0 atom stereocenters. The number of aliphatic hydroxyl groups excluding tert-OH is 1. The molecule has 1 aromatic heterocycles. The first-order valence-electron chi connectivity index (χ1n) is 5.91. The third-order valence-electron chi connectivity index (χ3n) is 2.76. The second-order valence-corrected chi connectivity index (χ2v) is 4.03. The van der Waals surface area contributed by atoms with E-state index >= 15 is 0 Å². The van der Waals surface area contributed by atoms with Crippen LogP contribution in [-0.2, 0) is 6.54 Å². The van der Waals surface area contributed by atoms with E-state index in [0.717, 1.165) is 16.8 Å². The average Bonchev–Trinajstić information content (AvgIpc) is 2.42. The summed E-state index contributed by atoms with van der Waals surface area (Å²) in [5.41, 5.74) is 1.80. The molecule has 0 bridgehead atoms. The molecule has 2 radical (unpaired) electrons. The third-order valence-corrected chi connectivity index (χ3v) is 2.76. The zero-order chi connectivity index (χ0) is 12.8. The Hall–Kier alpha value is -1.81. The van der Waals surface area contributed by atoms with Gasteiger partial charge in [0.05, 0.1) is 6.61 Å². The molecule has 0 aliphatic heterocycles. The van der Waals surface area contributed by atoms with Crippen LogP contribution in [-0.4, -0.2) is 31.1 Å². The summed E-state index contributed by atoms with van der Waals surface area (Å²) in [7, 11) is 5.93. The Bertz CT molecular complexity index is 490. The third kappa shape index (κ3) is 3.11. The van der Waals surface area contributed by atoms with Gasteiger partial charge in [-0.25, -0.2) is 4.98 Å². The molecule has 0 aliphatic rings. The van der Waals surface area contributed by atoms with E-state index in [4.69, 9.17) is 13.0 Å². The van der Waals surface area contributed by atoms with Crippen LogP contribution in [0.15, 0.2) is 48.7 Å². The van der Waals surface area contributed by atoms with Crippen LogP contribution in [0.5, 0.6) is 0 Å². The summed E-state index contributed by atoms with van der Waals surface area (Å²) in [6, 6.07) is 13.5. The molecule has 0 amide bonds. The zero-order valence-corrected chi connectivity index (χ0v) is 10.2. The Morgan fingerprint density at radius 3 is 2.56 bits per heavy atom. The van der Waals surface area contributed by atoms with Gasteiger partial charge in [-0.2, -0.15) is 0 Å². The summed E-state index contributed by atoms with van der Waals surface area (Å²) in [6.45, 7) is 1.26. The molecule has 1 N–H and O–H groups in total. The number of aromatic nitrogens is 1. The molecule has 4 heteroatoms. The molecule has 0 fully saturated rings. The lowest BCUT2D eigenvalue weighted by Crippen LogP contribution is -2.29. The van der Waals surface area contributed by atoms with Crippen LogP contribution < -0.4 is 10.4 Å². The monoisotopic (exact) mass is 238 g/mol. The van der Waals surface area contributed by atoms with E-state index in [9.17, 15) is 0 Å². The van der Waals surface area contributed by atoms with Gasteiger partial charge in [-0.05, 0) is 17.7 Å². The minimum atomic E-state index is 0.0866. The van der Waals surface area contributed by atoms with E-state index in [2.05, 4.69) is 4.98 Å². The van der Waals surface area contributed by atoms with Gasteiger partial charge in [0.25, 0.3) is 0 Å². The van der Waals surface area contributed by atoms with Crippen LogP contribution in [0.2, 0.25) is 0 Å². The predicted octanol–water partition coefficient (Wildman–Crippen LogP) is 0.874. The summed E-state index contributed by atoms with van der Waals surface area (Å²) < 4.78 is 0. The van der Waals surface area contributed by atoms with Gasteiger partial charge in [0.15, 0.2) is 0 Å². The Balaban J connectivity index is 2.19. The lowest BCUT2D eigenvalue weighted by molar-refractivity contribution is 0.301. The van der Waals surface area contributed by atoms with Crippen LogP contribution in [0.3, 0.4) is 0 Å². The van der Waals surface area contributed by atoms with Gasteiger partial charge in [-0.1, -0.05) is 35.8 Å². The molecule has 2 aromatic rings. The summed E-state index contributed by atoms with van der Waals surface area (Å²) >= 11 is 0. The van der Waals surface area contributed by atoms with Gasteiger partial charge >= 0.3 is 0 Å². The maximum atomic E-state index is 9.14. The summed E-state index contributed by atoms with van der Waals surface area (Å²) in [5.74, 6) is 0.842. The number of hydrogen-bond acceptors (Lipinski definition) is 3. The Morgan fingerprint density at radius 2 is 1.89 bits per heavy atom. The maximum absolute atomic E-state index is 9.14. The fourth-order valence-corrected chi connectivity index (χ4v) is 1.82. The Morgan fingerprint density at radius 1 is 1.11 bits per heavy atom. The van der Waals surface area contributed by atoms with Gasteiger partial charge in [0, 0.05) is 19.3 Å². The van der Waals surface area contributed by atoms with Gasteiger partial charge in [-0.3, -0.25) is 0 Å². The van der Waals surface area contributed by atoms with Crippen molar-refractivity contribution in [1.82, 2.24) is 4.98 Å². The van der Waals surface area contributed by atoms with Crippen molar-refractivity contribution in [3.63, 3.8) is 0 Å². The number of pyridine rings is 1. The lowest BCUT2D eigenvalue weighted by Gasteiger charge is -2.23. The SMILES string of the molecule is [B]c1ccccc1CN(CCO)c1ccccn1. The number of aliphatic hydroxyl groups is 1. The topological polar surface area (TPSA) is 36.4 Å². The fraction of sp³-hybridized carbons (Fsp3) is 0.214. The first-order valence-corrected chi connectivity index (χ1v) is 5.91. The van der Waals surface area contributed by atoms with Crippen molar-refractivity contribution in [1.29, 1.82) is 0 Å². The van der Waals surface area contributed by atoms with Gasteiger partial charge in [0.1, 0.15) is 13.7 Å². The molecule has 90 valence electrons. The molecule has 0 saturated heterocycles. The van der Waals surface area contributed by atoms with Crippen molar-refractivity contribution >= 4 is 19.1 Å². The number of anilines is 1. The van der Waals surface area contributed by atoms with E-state index in [0.29, 0.717) is 13.1 Å². The highest BCUT2D eigenvalue weighted by Gasteiger charge is 2.08. The van der Waals surface area contributed by atoms with Crippen molar-refractivity contribution in [2.24, 2.45) is 0 Å². The molecule has 0 spiro atoms. The number of rotatable bonds is 5. The zero-order valence-electron chi connectivity index (χ0n) is 10.2. The maximum Gasteiger partial charge on any atom is 0.128 e. The number of benzene rings is 1. The highest BCUT2D eigenvalue weighted by atomic mass is 16.3. The second-order valence-electron chi connectivity index (χ2n) is 4.03. The fourth-order valence-electron chi connectivity index (χ4n) is 1.82. The summed E-state index contributed by atoms with van der Waals surface area (Å²) in [4.78, 5) is 6.30. The van der Waals surface area contributed by atoms with Crippen molar-refractivity contribution in [2.45, 2.75) is 6.54 Å². The van der Waals surface area contributed by atoms with Crippen molar-refractivity contribution in [3.05, 3.63) is 54.2 Å². The molecule has 3 nitrogen and oxygen atoms in total. The van der Waals surface area contributed by atoms with E-state index in [1.165, 1.54) is 0 Å². The smallest absolute Gasteiger partial charge is 0.128 e. The molecule has 0 unspecified atom stereocenters. The Kier molecular flexibility index (Phi) is 4.37. The minimum Gasteiger partial charge on any atom is -0.395 e. The Labute approximate surface area is 109 Å². The molecular weight excluding hydrogens is 223 g/mol. The molecular formula is C14H15BN2O. The quantitative estimate of drug-likeness (QED) is 0.785. The van der Waals surface area contributed by atoms with E-state index in [1.54, 1.807) is 6.20 Å². The molecule has 0 aliphatic carbocycles. The minimum absolute atomic E-state index is 0.0866. The predicted molar refractivity (Wildman–Crippen MR) is 74.2 cm³/mol. The van der Waals surface area contributed by atoms with Crippen LogP contribution in [0.25, 0.3) is 0 Å². The van der Waals surface area contributed by atoms with Gasteiger partial charge in [-0.15, -0.1) is 0 Å². The van der Waals surface area contributed by atoms with Crippen molar-refractivity contribution in [2.75, 3.05) is 18.1 Å². The summed E-state index contributed by atoms with van der Waals surface area (Å²) in [5, 5.41) is 9.14. The van der Waals surface area contributed by atoms with Crippen molar-refractivity contribution in [3.8, 4) is 0 Å². The molecule has 0 saturated carbocycles. The van der Waals surface area contributed by atoms with Crippen LogP contribution in [0.4, 0.5) is 5.82 Å². The van der Waals surface area contributed by atoms with Crippen molar-refractivity contribution < 1.29 is 5.11 Å². The van der Waals surface area contributed by atoms with E-state index in [-0.39, 0.29) is 6.61 Å². The number of nitrogens with zero attached hydrogens (tertiary/aromatic N) is 2. The van der Waals surface area contributed by atoms with E-state index in [1.807, 2.05) is 47.4 Å². The van der Waals surface area contributed by atoms with Gasteiger partial charge < -0.3 is 10.0 Å². The molecule has 18 heavy (non-hydrogen) atoms. The van der Waals surface area contributed by atoms with Crippen LogP contribution in [0.1, 0.15) is 5.56 Å². The normalized spacial score (nSPS) is 10.3. The molecule has 1 aromatic carbocycles.